The highest BCUT2D eigenvalue weighted by atomic mass is 15.2. The average molecular weight is 262 g/mol. The quantitative estimate of drug-likeness (QED) is 0.871. The van der Waals surface area contributed by atoms with Crippen molar-refractivity contribution in [3.05, 3.63) is 23.3 Å². The lowest BCUT2D eigenvalue weighted by molar-refractivity contribution is 0.242. The Morgan fingerprint density at radius 2 is 2.00 bits per heavy atom. The summed E-state index contributed by atoms with van der Waals surface area (Å²) in [5.41, 5.74) is 2.29. The Morgan fingerprint density at radius 3 is 2.68 bits per heavy atom. The minimum Gasteiger partial charge on any atom is -0.314 e. The first-order valence-corrected chi connectivity index (χ1v) is 7.40. The zero-order chi connectivity index (χ0) is 13.7. The zero-order valence-corrected chi connectivity index (χ0v) is 12.4. The fraction of sp³-hybridized carbons (Fsp3) is 0.733. The van der Waals surface area contributed by atoms with Crippen molar-refractivity contribution < 1.29 is 0 Å². The van der Waals surface area contributed by atoms with Crippen LogP contribution in [0.3, 0.4) is 0 Å². The maximum absolute atomic E-state index is 4.70. The van der Waals surface area contributed by atoms with Crippen molar-refractivity contribution in [2.45, 2.75) is 33.6 Å². The van der Waals surface area contributed by atoms with E-state index in [0.717, 1.165) is 57.1 Å². The highest BCUT2D eigenvalue weighted by molar-refractivity contribution is 5.11. The second-order valence-corrected chi connectivity index (χ2v) is 5.86. The maximum atomic E-state index is 4.70. The molecule has 106 valence electrons. The molecule has 0 spiro atoms. The molecular formula is C15H26N4. The summed E-state index contributed by atoms with van der Waals surface area (Å²) in [6.45, 7) is 12.1. The Balaban J connectivity index is 1.93. The molecule has 4 heteroatoms. The molecular weight excluding hydrogens is 236 g/mol. The van der Waals surface area contributed by atoms with Crippen molar-refractivity contribution in [2.24, 2.45) is 5.92 Å². The van der Waals surface area contributed by atoms with Crippen LogP contribution in [0.5, 0.6) is 0 Å². The average Bonchev–Trinajstić information content (AvgIpc) is 2.36. The van der Waals surface area contributed by atoms with Gasteiger partial charge in [0.1, 0.15) is 5.82 Å². The summed E-state index contributed by atoms with van der Waals surface area (Å²) < 4.78 is 0. The van der Waals surface area contributed by atoms with Gasteiger partial charge in [-0.3, -0.25) is 0 Å². The molecule has 1 N–H and O–H groups in total. The van der Waals surface area contributed by atoms with E-state index >= 15 is 0 Å². The van der Waals surface area contributed by atoms with Crippen LogP contribution in [0.4, 0.5) is 0 Å². The molecule has 2 heterocycles. The van der Waals surface area contributed by atoms with E-state index in [-0.39, 0.29) is 0 Å². The zero-order valence-electron chi connectivity index (χ0n) is 12.4. The van der Waals surface area contributed by atoms with E-state index in [9.17, 15) is 0 Å². The van der Waals surface area contributed by atoms with Gasteiger partial charge in [-0.1, -0.05) is 13.8 Å². The third kappa shape index (κ3) is 4.88. The van der Waals surface area contributed by atoms with Crippen LogP contribution in [0.25, 0.3) is 0 Å². The molecule has 1 fully saturated rings. The third-order valence-corrected chi connectivity index (χ3v) is 3.43. The number of aryl methyl sites for hydroxylation is 1. The van der Waals surface area contributed by atoms with Gasteiger partial charge in [-0.05, 0) is 25.3 Å². The van der Waals surface area contributed by atoms with Gasteiger partial charge in [-0.2, -0.15) is 0 Å². The lowest BCUT2D eigenvalue weighted by Gasteiger charge is -2.26. The third-order valence-electron chi connectivity index (χ3n) is 3.43. The van der Waals surface area contributed by atoms with Crippen molar-refractivity contribution >= 4 is 0 Å². The van der Waals surface area contributed by atoms with Gasteiger partial charge in [0.25, 0.3) is 0 Å². The van der Waals surface area contributed by atoms with Gasteiger partial charge in [0.2, 0.25) is 0 Å². The highest BCUT2D eigenvalue weighted by Gasteiger charge is 2.11. The van der Waals surface area contributed by atoms with E-state index < -0.39 is 0 Å². The number of nitrogens with one attached hydrogen (secondary N) is 1. The molecule has 0 aliphatic carbocycles. The Kier molecular flexibility index (Phi) is 5.28. The minimum absolute atomic E-state index is 0.648. The SMILES string of the molecule is Cc1cc(CC(C)C)nc(CCN2CCNCC2)n1. The predicted octanol–water partition coefficient (Wildman–Crippen LogP) is 1.43. The molecule has 1 aliphatic rings. The standard InChI is InChI=1S/C15H26N4/c1-12(2)10-14-11-13(3)17-15(18-14)4-7-19-8-5-16-6-9-19/h11-12,16H,4-10H2,1-3H3. The Bertz CT molecular complexity index is 397. The minimum atomic E-state index is 0.648. The monoisotopic (exact) mass is 262 g/mol. The second kappa shape index (κ2) is 6.96. The first-order valence-electron chi connectivity index (χ1n) is 7.40. The fourth-order valence-electron chi connectivity index (χ4n) is 2.53. The van der Waals surface area contributed by atoms with Crippen molar-refractivity contribution in [1.29, 1.82) is 0 Å². The number of rotatable bonds is 5. The van der Waals surface area contributed by atoms with E-state index in [1.165, 1.54) is 5.69 Å². The molecule has 0 atom stereocenters. The van der Waals surface area contributed by atoms with E-state index in [4.69, 9.17) is 4.98 Å². The lowest BCUT2D eigenvalue weighted by atomic mass is 10.1. The lowest BCUT2D eigenvalue weighted by Crippen LogP contribution is -2.44. The summed E-state index contributed by atoms with van der Waals surface area (Å²) in [5, 5.41) is 3.38. The van der Waals surface area contributed by atoms with Crippen molar-refractivity contribution in [1.82, 2.24) is 20.2 Å². The number of hydrogen-bond donors (Lipinski definition) is 1. The number of piperazine rings is 1. The Hall–Kier alpha value is -1.00. The van der Waals surface area contributed by atoms with Gasteiger partial charge in [0.15, 0.2) is 0 Å². The van der Waals surface area contributed by atoms with Crippen LogP contribution in [-0.2, 0) is 12.8 Å². The van der Waals surface area contributed by atoms with Crippen LogP contribution in [0.1, 0.15) is 31.1 Å². The summed E-state index contributed by atoms with van der Waals surface area (Å²) in [6.07, 6.45) is 2.01. The molecule has 2 rings (SSSR count). The Morgan fingerprint density at radius 1 is 1.26 bits per heavy atom. The molecule has 0 bridgehead atoms. The van der Waals surface area contributed by atoms with Crippen LogP contribution in [0.2, 0.25) is 0 Å². The maximum Gasteiger partial charge on any atom is 0.130 e. The van der Waals surface area contributed by atoms with Gasteiger partial charge in [-0.25, -0.2) is 9.97 Å². The molecule has 19 heavy (non-hydrogen) atoms. The molecule has 1 aromatic rings. The molecule has 4 nitrogen and oxygen atoms in total. The van der Waals surface area contributed by atoms with Crippen LogP contribution in [0.15, 0.2) is 6.07 Å². The van der Waals surface area contributed by atoms with Crippen molar-refractivity contribution in [3.8, 4) is 0 Å². The van der Waals surface area contributed by atoms with Crippen LogP contribution >= 0.6 is 0 Å². The van der Waals surface area contributed by atoms with Crippen molar-refractivity contribution in [2.75, 3.05) is 32.7 Å². The van der Waals surface area contributed by atoms with Crippen LogP contribution in [0, 0.1) is 12.8 Å². The topological polar surface area (TPSA) is 41.1 Å². The molecule has 1 saturated heterocycles. The van der Waals surface area contributed by atoms with E-state index in [0.29, 0.717) is 5.92 Å². The van der Waals surface area contributed by atoms with Crippen LogP contribution in [-0.4, -0.2) is 47.6 Å². The predicted molar refractivity (Wildman–Crippen MR) is 78.3 cm³/mol. The fourth-order valence-corrected chi connectivity index (χ4v) is 2.53. The van der Waals surface area contributed by atoms with Gasteiger partial charge in [0, 0.05) is 50.5 Å². The Labute approximate surface area is 116 Å². The summed E-state index contributed by atoms with van der Waals surface area (Å²) in [6, 6.07) is 2.12. The second-order valence-electron chi connectivity index (χ2n) is 5.86. The van der Waals surface area contributed by atoms with Gasteiger partial charge in [0.05, 0.1) is 0 Å². The first-order chi connectivity index (χ1) is 9.13. The van der Waals surface area contributed by atoms with E-state index in [1.807, 2.05) is 0 Å². The summed E-state index contributed by atoms with van der Waals surface area (Å²) in [7, 11) is 0. The largest absolute Gasteiger partial charge is 0.314 e. The number of nitrogens with zero attached hydrogens (tertiary/aromatic N) is 3. The normalized spacial score (nSPS) is 17.1. The molecule has 0 aromatic carbocycles. The highest BCUT2D eigenvalue weighted by Crippen LogP contribution is 2.08. The summed E-state index contributed by atoms with van der Waals surface area (Å²) in [4.78, 5) is 11.8. The summed E-state index contributed by atoms with van der Waals surface area (Å²) >= 11 is 0. The van der Waals surface area contributed by atoms with E-state index in [2.05, 4.69) is 42.0 Å². The smallest absolute Gasteiger partial charge is 0.130 e. The molecule has 1 aliphatic heterocycles. The van der Waals surface area contributed by atoms with Gasteiger partial charge in [-0.15, -0.1) is 0 Å². The van der Waals surface area contributed by atoms with Gasteiger partial charge >= 0.3 is 0 Å². The van der Waals surface area contributed by atoms with Crippen molar-refractivity contribution in [3.63, 3.8) is 0 Å². The molecule has 1 aromatic heterocycles. The number of hydrogen-bond acceptors (Lipinski definition) is 4. The number of aromatic nitrogens is 2. The van der Waals surface area contributed by atoms with Crippen LogP contribution < -0.4 is 5.32 Å². The van der Waals surface area contributed by atoms with E-state index in [1.54, 1.807) is 0 Å². The molecule has 0 saturated carbocycles. The summed E-state index contributed by atoms with van der Waals surface area (Å²) in [5.74, 6) is 1.66. The molecule has 0 amide bonds. The first kappa shape index (κ1) is 14.4. The molecule has 0 unspecified atom stereocenters. The molecule has 0 radical (unpaired) electrons. The van der Waals surface area contributed by atoms with Gasteiger partial charge < -0.3 is 10.2 Å².